The largest absolute Gasteiger partial charge is 0.484 e. The summed E-state index contributed by atoms with van der Waals surface area (Å²) in [5.74, 6) is 0.920. The highest BCUT2D eigenvalue weighted by molar-refractivity contribution is 5.85. The van der Waals surface area contributed by atoms with Crippen LogP contribution in [-0.4, -0.2) is 51.5 Å². The third-order valence-corrected chi connectivity index (χ3v) is 4.11. The topological polar surface area (TPSA) is 103 Å². The van der Waals surface area contributed by atoms with Crippen molar-refractivity contribution in [1.82, 2.24) is 19.8 Å². The first-order valence-corrected chi connectivity index (χ1v) is 7.91. The molecule has 1 aliphatic rings. The van der Waals surface area contributed by atoms with Crippen LogP contribution in [0.2, 0.25) is 0 Å². The van der Waals surface area contributed by atoms with E-state index in [1.165, 1.54) is 18.2 Å². The van der Waals surface area contributed by atoms with Gasteiger partial charge in [0.1, 0.15) is 17.6 Å². The number of amides is 1. The maximum atomic E-state index is 12.6. The fourth-order valence-corrected chi connectivity index (χ4v) is 2.85. The molecule has 9 nitrogen and oxygen atoms in total. The van der Waals surface area contributed by atoms with Gasteiger partial charge in [0.05, 0.1) is 11.0 Å². The summed E-state index contributed by atoms with van der Waals surface area (Å²) in [6, 6.07) is 5.63. The van der Waals surface area contributed by atoms with Gasteiger partial charge in [-0.15, -0.1) is 12.4 Å². The van der Waals surface area contributed by atoms with Crippen LogP contribution in [-0.2, 0) is 11.8 Å². The van der Waals surface area contributed by atoms with Gasteiger partial charge in [-0.05, 0) is 6.07 Å². The molecule has 1 N–H and O–H groups in total. The number of carbonyl (C=O) groups is 1. The second-order valence-corrected chi connectivity index (χ2v) is 5.75. The first kappa shape index (κ1) is 19.7. The van der Waals surface area contributed by atoms with Crippen molar-refractivity contribution in [3.8, 4) is 5.75 Å². The van der Waals surface area contributed by atoms with Crippen LogP contribution in [0.4, 0.5) is 5.69 Å². The number of hydrogen-bond acceptors (Lipinski definition) is 6. The molecule has 0 bridgehead atoms. The molecule has 1 aromatic carbocycles. The smallest absolute Gasteiger partial charge is 0.273 e. The van der Waals surface area contributed by atoms with E-state index in [4.69, 9.17) is 4.74 Å². The monoisotopic (exact) mass is 381 g/mol. The highest BCUT2D eigenvalue weighted by Gasteiger charge is 2.30. The molecule has 1 fully saturated rings. The van der Waals surface area contributed by atoms with E-state index >= 15 is 0 Å². The Bertz CT molecular complexity index is 782. The molecule has 1 atom stereocenters. The molecule has 26 heavy (non-hydrogen) atoms. The Labute approximate surface area is 156 Å². The van der Waals surface area contributed by atoms with E-state index < -0.39 is 4.92 Å². The summed E-state index contributed by atoms with van der Waals surface area (Å²) in [5.41, 5.74) is -0.0713. The summed E-state index contributed by atoms with van der Waals surface area (Å²) >= 11 is 0. The number of piperazine rings is 1. The lowest BCUT2D eigenvalue weighted by molar-refractivity contribution is -0.384. The SMILES string of the molecule is Cl.Cn1ccnc1C1CNCCN1C(=O)COc1cccc([N+](=O)[O-])c1. The highest BCUT2D eigenvalue weighted by Crippen LogP contribution is 2.22. The number of nitro groups is 1. The first-order valence-electron chi connectivity index (χ1n) is 7.91. The number of aryl methyl sites for hydroxylation is 1. The first-order chi connectivity index (χ1) is 12.1. The van der Waals surface area contributed by atoms with E-state index in [1.54, 1.807) is 17.2 Å². The van der Waals surface area contributed by atoms with Gasteiger partial charge in [-0.3, -0.25) is 14.9 Å². The number of non-ortho nitro benzene ring substituents is 1. The molecule has 3 rings (SSSR count). The fraction of sp³-hybridized carbons (Fsp3) is 0.375. The Balaban J connectivity index is 0.00000243. The number of hydrogen-bond donors (Lipinski definition) is 1. The van der Waals surface area contributed by atoms with Crippen LogP contribution in [0.5, 0.6) is 5.75 Å². The van der Waals surface area contributed by atoms with Crippen molar-refractivity contribution in [3.63, 3.8) is 0 Å². The Morgan fingerprint density at radius 1 is 1.50 bits per heavy atom. The number of halogens is 1. The predicted octanol–water partition coefficient (Wildman–Crippen LogP) is 1.30. The molecular weight excluding hydrogens is 362 g/mol. The minimum Gasteiger partial charge on any atom is -0.484 e. The number of carbonyl (C=O) groups excluding carboxylic acids is 1. The van der Waals surface area contributed by atoms with Crippen LogP contribution in [0.25, 0.3) is 0 Å². The quantitative estimate of drug-likeness (QED) is 0.618. The van der Waals surface area contributed by atoms with Gasteiger partial charge in [0.2, 0.25) is 0 Å². The number of benzene rings is 1. The molecule has 1 unspecified atom stereocenters. The third kappa shape index (κ3) is 4.30. The molecule has 2 aromatic rings. The van der Waals surface area contributed by atoms with Gasteiger partial charge in [0.25, 0.3) is 11.6 Å². The zero-order valence-electron chi connectivity index (χ0n) is 14.2. The van der Waals surface area contributed by atoms with Crippen molar-refractivity contribution in [2.45, 2.75) is 6.04 Å². The minimum absolute atomic E-state index is 0. The van der Waals surface area contributed by atoms with Crippen molar-refractivity contribution in [3.05, 3.63) is 52.6 Å². The number of nitro benzene ring substituents is 1. The molecule has 1 amide bonds. The average Bonchev–Trinajstić information content (AvgIpc) is 3.05. The number of imidazole rings is 1. The summed E-state index contributed by atoms with van der Waals surface area (Å²) in [4.78, 5) is 29.0. The van der Waals surface area contributed by atoms with E-state index in [-0.39, 0.29) is 36.7 Å². The molecule has 1 aromatic heterocycles. The normalized spacial score (nSPS) is 16.7. The minimum atomic E-state index is -0.498. The summed E-state index contributed by atoms with van der Waals surface area (Å²) in [6.07, 6.45) is 3.54. The molecule has 140 valence electrons. The van der Waals surface area contributed by atoms with Crippen molar-refractivity contribution >= 4 is 24.0 Å². The van der Waals surface area contributed by atoms with Crippen LogP contribution in [0.15, 0.2) is 36.7 Å². The Morgan fingerprint density at radius 3 is 3.00 bits per heavy atom. The third-order valence-electron chi connectivity index (χ3n) is 4.11. The van der Waals surface area contributed by atoms with Crippen LogP contribution >= 0.6 is 12.4 Å². The lowest BCUT2D eigenvalue weighted by Crippen LogP contribution is -2.50. The average molecular weight is 382 g/mol. The Kier molecular flexibility index (Phi) is 6.53. The predicted molar refractivity (Wildman–Crippen MR) is 96.4 cm³/mol. The Morgan fingerprint density at radius 2 is 2.31 bits per heavy atom. The van der Waals surface area contributed by atoms with Crippen LogP contribution in [0, 0.1) is 10.1 Å². The maximum Gasteiger partial charge on any atom is 0.273 e. The molecule has 0 saturated carbocycles. The van der Waals surface area contributed by atoms with E-state index in [1.807, 2.05) is 17.8 Å². The second kappa shape index (κ2) is 8.63. The van der Waals surface area contributed by atoms with E-state index in [2.05, 4.69) is 10.3 Å². The molecule has 2 heterocycles. The van der Waals surface area contributed by atoms with E-state index in [9.17, 15) is 14.9 Å². The van der Waals surface area contributed by atoms with Crippen molar-refractivity contribution < 1.29 is 14.5 Å². The molecular formula is C16H20ClN5O4. The number of nitrogens with zero attached hydrogens (tertiary/aromatic N) is 4. The van der Waals surface area contributed by atoms with Crippen LogP contribution < -0.4 is 10.1 Å². The lowest BCUT2D eigenvalue weighted by Gasteiger charge is -2.35. The van der Waals surface area contributed by atoms with Crippen molar-refractivity contribution in [1.29, 1.82) is 0 Å². The van der Waals surface area contributed by atoms with Gasteiger partial charge < -0.3 is 19.5 Å². The molecule has 1 aliphatic heterocycles. The molecule has 10 heteroatoms. The van der Waals surface area contributed by atoms with Gasteiger partial charge >= 0.3 is 0 Å². The summed E-state index contributed by atoms with van der Waals surface area (Å²) < 4.78 is 7.35. The van der Waals surface area contributed by atoms with Gasteiger partial charge in [-0.25, -0.2) is 4.98 Å². The number of aromatic nitrogens is 2. The van der Waals surface area contributed by atoms with Gasteiger partial charge in [-0.1, -0.05) is 6.07 Å². The summed E-state index contributed by atoms with van der Waals surface area (Å²) in [6.45, 7) is 1.69. The zero-order valence-corrected chi connectivity index (χ0v) is 15.0. The Hall–Kier alpha value is -2.65. The molecule has 0 spiro atoms. The van der Waals surface area contributed by atoms with Gasteiger partial charge in [-0.2, -0.15) is 0 Å². The zero-order chi connectivity index (χ0) is 17.8. The van der Waals surface area contributed by atoms with Crippen LogP contribution in [0.3, 0.4) is 0 Å². The summed E-state index contributed by atoms with van der Waals surface area (Å²) in [7, 11) is 1.89. The van der Waals surface area contributed by atoms with Crippen molar-refractivity contribution in [2.75, 3.05) is 26.2 Å². The van der Waals surface area contributed by atoms with Gasteiger partial charge in [0, 0.05) is 45.1 Å². The highest BCUT2D eigenvalue weighted by atomic mass is 35.5. The van der Waals surface area contributed by atoms with Crippen molar-refractivity contribution in [2.24, 2.45) is 7.05 Å². The number of rotatable bonds is 5. The lowest BCUT2D eigenvalue weighted by atomic mass is 10.1. The maximum absolute atomic E-state index is 12.6. The standard InChI is InChI=1S/C16H19N5O4.ClH/c1-19-7-6-18-16(19)14-10-17-5-8-20(14)15(22)11-25-13-4-2-3-12(9-13)21(23)24;/h2-4,6-7,9,14,17H,5,8,10-11H2,1H3;1H. The molecule has 1 saturated heterocycles. The van der Waals surface area contributed by atoms with E-state index in [0.717, 1.165) is 5.82 Å². The molecule has 0 radical (unpaired) electrons. The molecule has 0 aliphatic carbocycles. The summed E-state index contributed by atoms with van der Waals surface area (Å²) in [5, 5.41) is 14.1. The van der Waals surface area contributed by atoms with E-state index in [0.29, 0.717) is 25.4 Å². The number of ether oxygens (including phenoxy) is 1. The number of nitrogens with one attached hydrogen (secondary N) is 1. The van der Waals surface area contributed by atoms with Gasteiger partial charge in [0.15, 0.2) is 6.61 Å². The van der Waals surface area contributed by atoms with Crippen LogP contribution in [0.1, 0.15) is 11.9 Å². The second-order valence-electron chi connectivity index (χ2n) is 5.75. The fourth-order valence-electron chi connectivity index (χ4n) is 2.85.